The Labute approximate surface area is 211 Å². The zero-order valence-corrected chi connectivity index (χ0v) is 21.1. The fourth-order valence-corrected chi connectivity index (χ4v) is 9.15. The first-order chi connectivity index (χ1) is 16.9. The smallest absolute Gasteiger partial charge is 0.308 e. The molecule has 6 fully saturated rings. The minimum absolute atomic E-state index is 0.0448. The third-order valence-electron chi connectivity index (χ3n) is 9.32. The number of carboxylic acid groups (broad SMARTS) is 1. The van der Waals surface area contributed by atoms with E-state index in [-0.39, 0.29) is 17.9 Å². The minimum Gasteiger partial charge on any atom is -0.481 e. The average Bonchev–Trinajstić information content (AvgIpc) is 3.32. The summed E-state index contributed by atoms with van der Waals surface area (Å²) in [5.41, 5.74) is 0.137. The van der Waals surface area contributed by atoms with Crippen LogP contribution in [0.15, 0.2) is 17.2 Å². The Balaban J connectivity index is 1.23. The van der Waals surface area contributed by atoms with Gasteiger partial charge in [-0.05, 0) is 81.3 Å². The van der Waals surface area contributed by atoms with Crippen molar-refractivity contribution in [1.82, 2.24) is 10.3 Å². The van der Waals surface area contributed by atoms with Gasteiger partial charge in [-0.2, -0.15) is 0 Å². The average molecular weight is 500 g/mol. The monoisotopic (exact) mass is 499 g/mol. The van der Waals surface area contributed by atoms with Crippen LogP contribution in [0.3, 0.4) is 0 Å². The maximum absolute atomic E-state index is 13.6. The van der Waals surface area contributed by atoms with Gasteiger partial charge in [-0.3, -0.25) is 9.59 Å². The summed E-state index contributed by atoms with van der Waals surface area (Å²) in [5, 5.41) is 25.0. The molecule has 1 amide bonds. The largest absolute Gasteiger partial charge is 0.481 e. The summed E-state index contributed by atoms with van der Waals surface area (Å²) in [6.07, 6.45) is 11.4. The normalized spacial score (nSPS) is 36.5. The van der Waals surface area contributed by atoms with E-state index in [0.717, 1.165) is 55.8 Å². The van der Waals surface area contributed by atoms with Crippen molar-refractivity contribution >= 4 is 29.5 Å². The molecule has 1 aliphatic heterocycles. The van der Waals surface area contributed by atoms with E-state index in [9.17, 15) is 19.8 Å². The van der Waals surface area contributed by atoms with Gasteiger partial charge in [-0.15, -0.1) is 11.8 Å². The van der Waals surface area contributed by atoms with Crippen LogP contribution in [0.25, 0.3) is 0 Å². The molecule has 0 radical (unpaired) electrons. The Morgan fingerprint density at radius 3 is 2.46 bits per heavy atom. The number of hydrogen-bond donors (Lipinski definition) is 3. The van der Waals surface area contributed by atoms with Gasteiger partial charge in [0, 0.05) is 24.4 Å². The van der Waals surface area contributed by atoms with E-state index in [4.69, 9.17) is 4.98 Å². The number of carbonyl (C=O) groups excluding carboxylic acids is 1. The molecular formula is C27H37N3O4S. The van der Waals surface area contributed by atoms with E-state index in [1.54, 1.807) is 11.8 Å². The quantitative estimate of drug-likeness (QED) is 0.542. The number of hydrogen-bond acceptors (Lipinski definition) is 6. The van der Waals surface area contributed by atoms with Crippen molar-refractivity contribution in [2.24, 2.45) is 23.7 Å². The number of carboxylic acids is 1. The second kappa shape index (κ2) is 9.25. The molecular weight excluding hydrogens is 462 g/mol. The molecule has 4 bridgehead atoms. The Bertz CT molecular complexity index is 981. The van der Waals surface area contributed by atoms with E-state index < -0.39 is 11.6 Å². The van der Waals surface area contributed by atoms with Gasteiger partial charge < -0.3 is 20.4 Å². The molecule has 35 heavy (non-hydrogen) atoms. The third kappa shape index (κ3) is 4.68. The fraction of sp³-hybridized carbons (Fsp3) is 0.741. The van der Waals surface area contributed by atoms with E-state index in [2.05, 4.69) is 5.32 Å². The molecule has 1 saturated heterocycles. The zero-order valence-electron chi connectivity index (χ0n) is 20.3. The maximum atomic E-state index is 13.6. The van der Waals surface area contributed by atoms with Crippen molar-refractivity contribution in [1.29, 1.82) is 0 Å². The number of pyridine rings is 1. The van der Waals surface area contributed by atoms with Crippen molar-refractivity contribution in [3.05, 3.63) is 17.7 Å². The third-order valence-corrected chi connectivity index (χ3v) is 10.7. The molecule has 1 aromatic rings. The molecule has 1 aromatic heterocycles. The minimum atomic E-state index is -0.749. The summed E-state index contributed by atoms with van der Waals surface area (Å²) in [6, 6.07) is 3.94. The van der Waals surface area contributed by atoms with Crippen LogP contribution in [0.4, 0.5) is 5.82 Å². The molecule has 6 atom stereocenters. The Morgan fingerprint density at radius 1 is 1.06 bits per heavy atom. The molecule has 3 unspecified atom stereocenters. The molecule has 3 N–H and O–H groups in total. The van der Waals surface area contributed by atoms with Crippen LogP contribution in [-0.4, -0.2) is 57.1 Å². The highest BCUT2D eigenvalue weighted by Crippen LogP contribution is 2.55. The fourth-order valence-electron chi connectivity index (χ4n) is 7.83. The summed E-state index contributed by atoms with van der Waals surface area (Å²) >= 11 is 1.73. The first-order valence-corrected chi connectivity index (χ1v) is 14.4. The van der Waals surface area contributed by atoms with Gasteiger partial charge in [0.25, 0.3) is 5.91 Å². The molecule has 7 nitrogen and oxygen atoms in total. The lowest BCUT2D eigenvalue weighted by Crippen LogP contribution is -2.61. The number of anilines is 1. The van der Waals surface area contributed by atoms with Gasteiger partial charge in [0.05, 0.1) is 17.1 Å². The van der Waals surface area contributed by atoms with Crippen molar-refractivity contribution in [3.63, 3.8) is 0 Å². The van der Waals surface area contributed by atoms with Crippen LogP contribution < -0.4 is 10.2 Å². The van der Waals surface area contributed by atoms with Crippen LogP contribution >= 0.6 is 11.8 Å². The number of rotatable bonds is 6. The number of nitrogens with zero attached hydrogens (tertiary/aromatic N) is 2. The number of amides is 1. The highest BCUT2D eigenvalue weighted by Gasteiger charge is 2.55. The van der Waals surface area contributed by atoms with Crippen LogP contribution in [-0.2, 0) is 4.79 Å². The lowest BCUT2D eigenvalue weighted by Gasteiger charge is -2.58. The highest BCUT2D eigenvalue weighted by atomic mass is 32.2. The second-order valence-corrected chi connectivity index (χ2v) is 13.2. The van der Waals surface area contributed by atoms with E-state index in [1.807, 2.05) is 17.0 Å². The van der Waals surface area contributed by atoms with Gasteiger partial charge in [0.15, 0.2) is 0 Å². The zero-order chi connectivity index (χ0) is 24.2. The van der Waals surface area contributed by atoms with Crippen LogP contribution in [0, 0.1) is 23.7 Å². The number of aliphatic carboxylic acids is 1. The number of nitrogens with one attached hydrogen (secondary N) is 1. The molecule has 0 spiro atoms. The van der Waals surface area contributed by atoms with Crippen LogP contribution in [0.5, 0.6) is 0 Å². The molecule has 190 valence electrons. The summed E-state index contributed by atoms with van der Waals surface area (Å²) in [7, 11) is 0. The summed E-state index contributed by atoms with van der Waals surface area (Å²) in [5.74, 6) is 0.974. The van der Waals surface area contributed by atoms with Gasteiger partial charge in [0.2, 0.25) is 0 Å². The molecule has 8 heteroatoms. The number of carbonyl (C=O) groups is 2. The molecule has 5 saturated carbocycles. The summed E-state index contributed by atoms with van der Waals surface area (Å²) < 4.78 is 0. The Morgan fingerprint density at radius 2 is 1.80 bits per heavy atom. The molecule has 2 heterocycles. The first kappa shape index (κ1) is 23.6. The number of aliphatic hydroxyl groups is 1. The van der Waals surface area contributed by atoms with Crippen LogP contribution in [0.2, 0.25) is 0 Å². The lowest BCUT2D eigenvalue weighted by atomic mass is 9.52. The lowest BCUT2D eigenvalue weighted by molar-refractivity contribution is -0.141. The predicted molar refractivity (Wildman–Crippen MR) is 135 cm³/mol. The SMILES string of the molecule is O=C(N[C@H]1C2CC3C[C@@H]1C[C@@](O)(C3)C2)c1ccc(N2CCC(C(=O)O)C2)nc1SC1CCCCC1. The van der Waals surface area contributed by atoms with Gasteiger partial charge in [0.1, 0.15) is 10.8 Å². The molecule has 7 rings (SSSR count). The Kier molecular flexibility index (Phi) is 6.24. The van der Waals surface area contributed by atoms with Crippen molar-refractivity contribution in [2.45, 2.75) is 92.5 Å². The van der Waals surface area contributed by atoms with Crippen LogP contribution in [0.1, 0.15) is 81.0 Å². The van der Waals surface area contributed by atoms with Crippen molar-refractivity contribution in [3.8, 4) is 0 Å². The molecule has 6 aliphatic rings. The number of aromatic nitrogens is 1. The van der Waals surface area contributed by atoms with Gasteiger partial charge in [-0.1, -0.05) is 19.3 Å². The van der Waals surface area contributed by atoms with Gasteiger partial charge >= 0.3 is 5.97 Å². The van der Waals surface area contributed by atoms with Crippen molar-refractivity contribution < 1.29 is 19.8 Å². The molecule has 5 aliphatic carbocycles. The standard InChI is InChI=1S/C27H37N3O4S/c31-24(29-23-18-10-16-11-19(23)14-27(34,12-16)13-18)21-6-7-22(30-9-8-17(15-30)26(32)33)28-25(21)35-20-4-2-1-3-5-20/h6-7,16-20,23,34H,1-5,8-15H2,(H,29,31)(H,32,33)/t16?,17?,18-,19?,23-,27+/m1/s1. The predicted octanol–water partition coefficient (Wildman–Crippen LogP) is 4.09. The van der Waals surface area contributed by atoms with Crippen molar-refractivity contribution in [2.75, 3.05) is 18.0 Å². The van der Waals surface area contributed by atoms with Gasteiger partial charge in [-0.25, -0.2) is 4.98 Å². The van der Waals surface area contributed by atoms with E-state index in [0.29, 0.717) is 48.1 Å². The highest BCUT2D eigenvalue weighted by molar-refractivity contribution is 7.99. The Hall–Kier alpha value is -1.80. The summed E-state index contributed by atoms with van der Waals surface area (Å²) in [6.45, 7) is 1.15. The second-order valence-electron chi connectivity index (χ2n) is 11.9. The number of thioether (sulfide) groups is 1. The topological polar surface area (TPSA) is 103 Å². The first-order valence-electron chi connectivity index (χ1n) is 13.6. The molecule has 0 aromatic carbocycles. The maximum Gasteiger partial charge on any atom is 0.308 e. The van der Waals surface area contributed by atoms with E-state index >= 15 is 0 Å². The summed E-state index contributed by atoms with van der Waals surface area (Å²) in [4.78, 5) is 32.1. The van der Waals surface area contributed by atoms with E-state index in [1.165, 1.54) is 19.3 Å².